The number of benzene rings is 1. The normalized spacial score (nSPS) is 12.1. The molecule has 0 fully saturated rings. The van der Waals surface area contributed by atoms with Crippen LogP contribution in [0.15, 0.2) is 54.2 Å². The largest absolute Gasteiger partial charge is 0.492 e. The molecular formula is C19H21N3O2S. The van der Waals surface area contributed by atoms with Crippen molar-refractivity contribution in [3.63, 3.8) is 0 Å². The summed E-state index contributed by atoms with van der Waals surface area (Å²) in [4.78, 5) is 8.51. The molecule has 2 aromatic heterocycles. The van der Waals surface area contributed by atoms with Crippen molar-refractivity contribution in [2.24, 2.45) is 0 Å². The molecule has 6 heteroatoms. The number of hydrogen-bond acceptors (Lipinski definition) is 6. The molecule has 2 heterocycles. The lowest BCUT2D eigenvalue weighted by molar-refractivity contribution is 0.171. The third-order valence-corrected chi connectivity index (χ3v) is 4.48. The van der Waals surface area contributed by atoms with Gasteiger partial charge < -0.3 is 15.2 Å². The third kappa shape index (κ3) is 5.09. The predicted molar refractivity (Wildman–Crippen MR) is 99.8 cm³/mol. The molecule has 0 spiro atoms. The van der Waals surface area contributed by atoms with E-state index in [1.165, 1.54) is 0 Å². The molecular weight excluding hydrogens is 334 g/mol. The van der Waals surface area contributed by atoms with Crippen LogP contribution in [0.5, 0.6) is 5.75 Å². The fourth-order valence-electron chi connectivity index (χ4n) is 2.41. The first kappa shape index (κ1) is 17.5. The molecule has 0 aliphatic rings. The highest BCUT2D eigenvalue weighted by molar-refractivity contribution is 7.09. The first-order valence-electron chi connectivity index (χ1n) is 8.16. The minimum absolute atomic E-state index is 0.465. The molecule has 0 saturated carbocycles. The van der Waals surface area contributed by atoms with E-state index >= 15 is 0 Å². The Morgan fingerprint density at radius 2 is 2.20 bits per heavy atom. The van der Waals surface area contributed by atoms with Gasteiger partial charge in [0.2, 0.25) is 0 Å². The molecule has 1 aromatic carbocycles. The van der Waals surface area contributed by atoms with Gasteiger partial charge in [0.05, 0.1) is 16.8 Å². The second-order valence-corrected chi connectivity index (χ2v) is 6.70. The number of aliphatic hydroxyl groups excluding tert-OH is 1. The van der Waals surface area contributed by atoms with Gasteiger partial charge in [-0.05, 0) is 25.1 Å². The number of nitrogens with zero attached hydrogens (tertiary/aromatic N) is 2. The van der Waals surface area contributed by atoms with Crippen molar-refractivity contribution >= 4 is 11.3 Å². The van der Waals surface area contributed by atoms with Gasteiger partial charge in [-0.15, -0.1) is 11.3 Å². The van der Waals surface area contributed by atoms with Gasteiger partial charge in [-0.3, -0.25) is 4.98 Å². The Labute approximate surface area is 151 Å². The highest BCUT2D eigenvalue weighted by Crippen LogP contribution is 2.25. The van der Waals surface area contributed by atoms with Crippen LogP contribution in [0.3, 0.4) is 0 Å². The van der Waals surface area contributed by atoms with Crippen molar-refractivity contribution in [1.82, 2.24) is 15.3 Å². The zero-order valence-corrected chi connectivity index (χ0v) is 14.9. The summed E-state index contributed by atoms with van der Waals surface area (Å²) in [5, 5.41) is 16.3. The Morgan fingerprint density at radius 3 is 2.96 bits per heavy atom. The van der Waals surface area contributed by atoms with Crippen LogP contribution in [-0.2, 0) is 0 Å². The highest BCUT2D eigenvalue weighted by atomic mass is 32.1. The smallest absolute Gasteiger partial charge is 0.120 e. The molecule has 130 valence electrons. The molecule has 25 heavy (non-hydrogen) atoms. The van der Waals surface area contributed by atoms with E-state index in [4.69, 9.17) is 4.74 Å². The van der Waals surface area contributed by atoms with Gasteiger partial charge in [-0.25, -0.2) is 4.98 Å². The Kier molecular flexibility index (Phi) is 6.11. The van der Waals surface area contributed by atoms with Crippen LogP contribution in [0, 0.1) is 6.92 Å². The van der Waals surface area contributed by atoms with Gasteiger partial charge in [0.15, 0.2) is 0 Å². The molecule has 0 aliphatic carbocycles. The minimum Gasteiger partial charge on any atom is -0.492 e. The zero-order chi connectivity index (χ0) is 17.5. The monoisotopic (exact) mass is 355 g/mol. The van der Waals surface area contributed by atoms with Crippen molar-refractivity contribution in [2.45, 2.75) is 13.0 Å². The second kappa shape index (κ2) is 8.71. The molecule has 2 N–H and O–H groups in total. The van der Waals surface area contributed by atoms with E-state index in [1.807, 2.05) is 43.3 Å². The number of aromatic nitrogens is 2. The quantitative estimate of drug-likeness (QED) is 0.607. The molecule has 5 nitrogen and oxygen atoms in total. The SMILES string of the molecule is Cc1nc(-c2cccc(OCCNC[C@H](O)c3cccnc3)c2)cs1. The van der Waals surface area contributed by atoms with Gasteiger partial charge >= 0.3 is 0 Å². The van der Waals surface area contributed by atoms with E-state index in [-0.39, 0.29) is 0 Å². The lowest BCUT2D eigenvalue weighted by Crippen LogP contribution is -2.26. The number of rotatable bonds is 8. The fraction of sp³-hybridized carbons (Fsp3) is 0.263. The van der Waals surface area contributed by atoms with Crippen LogP contribution in [0.25, 0.3) is 11.3 Å². The average Bonchev–Trinajstić information content (AvgIpc) is 3.09. The summed E-state index contributed by atoms with van der Waals surface area (Å²) in [6.45, 7) is 3.64. The summed E-state index contributed by atoms with van der Waals surface area (Å²) < 4.78 is 5.78. The number of nitrogens with one attached hydrogen (secondary N) is 1. The van der Waals surface area contributed by atoms with Crippen LogP contribution in [-0.4, -0.2) is 34.8 Å². The summed E-state index contributed by atoms with van der Waals surface area (Å²) in [5.74, 6) is 0.817. The van der Waals surface area contributed by atoms with Gasteiger partial charge in [-0.2, -0.15) is 0 Å². The van der Waals surface area contributed by atoms with Crippen LogP contribution in [0.4, 0.5) is 0 Å². The lowest BCUT2D eigenvalue weighted by Gasteiger charge is -2.12. The second-order valence-electron chi connectivity index (χ2n) is 5.63. The van der Waals surface area contributed by atoms with Gasteiger partial charge in [0, 0.05) is 42.0 Å². The van der Waals surface area contributed by atoms with Crippen molar-refractivity contribution in [3.05, 3.63) is 64.7 Å². The molecule has 3 rings (SSSR count). The first-order valence-corrected chi connectivity index (χ1v) is 9.04. The van der Waals surface area contributed by atoms with Gasteiger partial charge in [-0.1, -0.05) is 18.2 Å². The number of hydrogen-bond donors (Lipinski definition) is 2. The number of aryl methyl sites for hydroxylation is 1. The van der Waals surface area contributed by atoms with Crippen LogP contribution in [0.1, 0.15) is 16.7 Å². The van der Waals surface area contributed by atoms with E-state index < -0.39 is 6.10 Å². The molecule has 0 unspecified atom stereocenters. The summed E-state index contributed by atoms with van der Waals surface area (Å²) in [5.41, 5.74) is 2.84. The fourth-order valence-corrected chi connectivity index (χ4v) is 3.03. The van der Waals surface area contributed by atoms with E-state index in [1.54, 1.807) is 23.7 Å². The zero-order valence-electron chi connectivity index (χ0n) is 14.1. The number of thiazole rings is 1. The van der Waals surface area contributed by atoms with Crippen molar-refractivity contribution in [1.29, 1.82) is 0 Å². The van der Waals surface area contributed by atoms with Gasteiger partial charge in [0.1, 0.15) is 12.4 Å². The maximum atomic E-state index is 10.1. The minimum atomic E-state index is -0.565. The molecule has 0 bridgehead atoms. The summed E-state index contributed by atoms with van der Waals surface area (Å²) in [6, 6.07) is 11.6. The lowest BCUT2D eigenvalue weighted by atomic mass is 10.1. The van der Waals surface area contributed by atoms with Crippen molar-refractivity contribution < 1.29 is 9.84 Å². The maximum Gasteiger partial charge on any atom is 0.120 e. The molecule has 0 amide bonds. The van der Waals surface area contributed by atoms with E-state index in [0.717, 1.165) is 27.6 Å². The van der Waals surface area contributed by atoms with Crippen molar-refractivity contribution in [2.75, 3.05) is 19.7 Å². The molecule has 0 aliphatic heterocycles. The Bertz CT molecular complexity index is 792. The van der Waals surface area contributed by atoms with E-state index in [2.05, 4.69) is 20.7 Å². The van der Waals surface area contributed by atoms with Crippen LogP contribution < -0.4 is 10.1 Å². The number of pyridine rings is 1. The molecule has 0 saturated heterocycles. The van der Waals surface area contributed by atoms with Crippen molar-refractivity contribution in [3.8, 4) is 17.0 Å². The third-order valence-electron chi connectivity index (χ3n) is 3.70. The molecule has 1 atom stereocenters. The van der Waals surface area contributed by atoms with E-state index in [9.17, 15) is 5.11 Å². The number of aliphatic hydroxyl groups is 1. The van der Waals surface area contributed by atoms with Crippen LogP contribution in [0.2, 0.25) is 0 Å². The maximum absolute atomic E-state index is 10.1. The Balaban J connectivity index is 1.43. The molecule has 0 radical (unpaired) electrons. The highest BCUT2D eigenvalue weighted by Gasteiger charge is 2.07. The Morgan fingerprint density at radius 1 is 1.28 bits per heavy atom. The average molecular weight is 355 g/mol. The summed E-state index contributed by atoms with van der Waals surface area (Å²) in [7, 11) is 0. The Hall–Kier alpha value is -2.28. The predicted octanol–water partition coefficient (Wildman–Crippen LogP) is 3.22. The first-order chi connectivity index (χ1) is 12.2. The van der Waals surface area contributed by atoms with Gasteiger partial charge in [0.25, 0.3) is 0 Å². The molecule has 3 aromatic rings. The summed E-state index contributed by atoms with van der Waals surface area (Å²) >= 11 is 1.64. The topological polar surface area (TPSA) is 67.3 Å². The number of ether oxygens (including phenoxy) is 1. The standard InChI is InChI=1S/C19H21N3O2S/c1-14-22-18(13-25-14)15-4-2-6-17(10-15)24-9-8-21-12-19(23)16-5-3-7-20-11-16/h2-7,10-11,13,19,21,23H,8-9,12H2,1H3/t19-/m0/s1. The van der Waals surface area contributed by atoms with E-state index in [0.29, 0.717) is 19.7 Å². The van der Waals surface area contributed by atoms with Crippen LogP contribution >= 0.6 is 11.3 Å². The summed E-state index contributed by atoms with van der Waals surface area (Å²) in [6.07, 6.45) is 2.80.